The van der Waals surface area contributed by atoms with Crippen LogP contribution in [0.25, 0.3) is 0 Å². The fourth-order valence-corrected chi connectivity index (χ4v) is 5.13. The second-order valence-electron chi connectivity index (χ2n) is 10.4. The molecule has 0 bridgehead atoms. The Balaban J connectivity index is 1.03. The zero-order valence-electron chi connectivity index (χ0n) is 23.2. The zero-order chi connectivity index (χ0) is 29.8. The van der Waals surface area contributed by atoms with Crippen molar-refractivity contribution < 1.29 is 28.7 Å². The van der Waals surface area contributed by atoms with Gasteiger partial charge in [0.2, 0.25) is 5.91 Å². The number of anilines is 2. The molecule has 2 aliphatic heterocycles. The van der Waals surface area contributed by atoms with E-state index in [2.05, 4.69) is 10.6 Å². The van der Waals surface area contributed by atoms with Crippen LogP contribution in [-0.4, -0.2) is 47.8 Å². The number of imide groups is 1. The Hall–Kier alpha value is -5.28. The Morgan fingerprint density at radius 3 is 2.19 bits per heavy atom. The molecule has 0 aliphatic carbocycles. The third kappa shape index (κ3) is 6.47. The molecule has 9 heteroatoms. The molecule has 2 aliphatic rings. The van der Waals surface area contributed by atoms with Crippen LogP contribution in [0.4, 0.5) is 11.4 Å². The van der Waals surface area contributed by atoms with Crippen molar-refractivity contribution in [1.82, 2.24) is 4.90 Å². The highest BCUT2D eigenvalue weighted by Gasteiger charge is 2.37. The van der Waals surface area contributed by atoms with Crippen LogP contribution in [0.1, 0.15) is 49.5 Å². The van der Waals surface area contributed by atoms with E-state index >= 15 is 0 Å². The summed E-state index contributed by atoms with van der Waals surface area (Å²) in [5, 5.41) is 5.68. The van der Waals surface area contributed by atoms with E-state index in [1.807, 2.05) is 30.3 Å². The van der Waals surface area contributed by atoms with Gasteiger partial charge >= 0.3 is 0 Å². The quantitative estimate of drug-likeness (QED) is 0.248. The lowest BCUT2D eigenvalue weighted by Gasteiger charge is -2.17. The molecule has 0 radical (unpaired) electrons. The molecule has 1 atom stereocenters. The zero-order valence-corrected chi connectivity index (χ0v) is 23.2. The van der Waals surface area contributed by atoms with Crippen LogP contribution >= 0.6 is 0 Å². The first-order chi connectivity index (χ1) is 20.9. The van der Waals surface area contributed by atoms with Gasteiger partial charge in [0, 0.05) is 23.5 Å². The van der Waals surface area contributed by atoms with E-state index in [-0.39, 0.29) is 42.7 Å². The summed E-state index contributed by atoms with van der Waals surface area (Å²) in [5.74, 6) is -0.174. The summed E-state index contributed by atoms with van der Waals surface area (Å²) in [4.78, 5) is 52.0. The predicted octanol–water partition coefficient (Wildman–Crippen LogP) is 5.69. The molecular weight excluding hydrogens is 546 g/mol. The predicted molar refractivity (Wildman–Crippen MR) is 160 cm³/mol. The third-order valence-corrected chi connectivity index (χ3v) is 7.34. The van der Waals surface area contributed by atoms with E-state index in [9.17, 15) is 19.2 Å². The first kappa shape index (κ1) is 27.9. The number of rotatable bonds is 9. The summed E-state index contributed by atoms with van der Waals surface area (Å²) < 4.78 is 11.5. The van der Waals surface area contributed by atoms with E-state index < -0.39 is 0 Å². The van der Waals surface area contributed by atoms with E-state index in [1.165, 1.54) is 4.90 Å². The van der Waals surface area contributed by atoms with Crippen molar-refractivity contribution in [2.45, 2.75) is 25.4 Å². The molecule has 1 unspecified atom stereocenters. The minimum absolute atomic E-state index is 0.117. The summed E-state index contributed by atoms with van der Waals surface area (Å²) in [6.45, 7) is 0.906. The van der Waals surface area contributed by atoms with Crippen molar-refractivity contribution in [3.8, 4) is 11.5 Å². The van der Waals surface area contributed by atoms with Gasteiger partial charge < -0.3 is 20.1 Å². The van der Waals surface area contributed by atoms with Crippen LogP contribution in [0.5, 0.6) is 11.5 Å². The van der Waals surface area contributed by atoms with Gasteiger partial charge in [0.1, 0.15) is 11.5 Å². The summed E-state index contributed by atoms with van der Waals surface area (Å²) in [7, 11) is 0. The molecular formula is C34H29N3O6. The van der Waals surface area contributed by atoms with Gasteiger partial charge in [-0.1, -0.05) is 30.3 Å². The average Bonchev–Trinajstić information content (AvgIpc) is 3.62. The molecule has 6 rings (SSSR count). The number of ether oxygens (including phenoxy) is 2. The third-order valence-electron chi connectivity index (χ3n) is 7.34. The number of amides is 4. The molecule has 4 aromatic carbocycles. The number of hydrogen-bond donors (Lipinski definition) is 2. The SMILES string of the molecule is O=C(Cc1ccccc1)Nc1ccc(C(=O)Nc2ccc(Oc3ccc4c(c3)C(=O)N(CC3CCCO3)C4=O)cc2)cc1. The largest absolute Gasteiger partial charge is 0.457 e. The van der Waals surface area contributed by atoms with Crippen molar-refractivity contribution in [3.63, 3.8) is 0 Å². The molecule has 216 valence electrons. The molecule has 43 heavy (non-hydrogen) atoms. The molecule has 4 aromatic rings. The Bertz CT molecular complexity index is 1660. The maximum Gasteiger partial charge on any atom is 0.261 e. The van der Waals surface area contributed by atoms with E-state index in [1.54, 1.807) is 66.7 Å². The molecule has 4 amide bonds. The normalized spacial score (nSPS) is 15.7. The second kappa shape index (κ2) is 12.3. The second-order valence-corrected chi connectivity index (χ2v) is 10.4. The minimum Gasteiger partial charge on any atom is -0.457 e. The summed E-state index contributed by atoms with van der Waals surface area (Å²) in [6.07, 6.45) is 1.91. The van der Waals surface area contributed by atoms with Crippen molar-refractivity contribution in [3.05, 3.63) is 119 Å². The van der Waals surface area contributed by atoms with Gasteiger partial charge in [-0.3, -0.25) is 24.1 Å². The lowest BCUT2D eigenvalue weighted by atomic mass is 10.1. The average molecular weight is 576 g/mol. The topological polar surface area (TPSA) is 114 Å². The van der Waals surface area contributed by atoms with Crippen molar-refractivity contribution >= 4 is 35.0 Å². The van der Waals surface area contributed by atoms with Gasteiger partial charge in [-0.2, -0.15) is 0 Å². The molecule has 2 heterocycles. The molecule has 1 saturated heterocycles. The standard InChI is InChI=1S/C34H29N3O6/c38-31(19-22-5-2-1-3-6-22)35-24-10-8-23(9-11-24)32(39)36-25-12-14-26(15-13-25)43-27-16-17-29-30(20-27)34(41)37(33(29)40)21-28-7-4-18-42-28/h1-3,5-6,8-17,20,28H,4,7,18-19,21H2,(H,35,38)(H,36,39). The van der Waals surface area contributed by atoms with Gasteiger partial charge in [-0.15, -0.1) is 0 Å². The molecule has 1 fully saturated rings. The van der Waals surface area contributed by atoms with Gasteiger partial charge in [0.15, 0.2) is 0 Å². The number of hydrogen-bond acceptors (Lipinski definition) is 6. The molecule has 0 aromatic heterocycles. The van der Waals surface area contributed by atoms with Gasteiger partial charge in [0.05, 0.1) is 30.2 Å². The van der Waals surface area contributed by atoms with Crippen LogP contribution in [0.2, 0.25) is 0 Å². The van der Waals surface area contributed by atoms with Crippen LogP contribution in [0, 0.1) is 0 Å². The van der Waals surface area contributed by atoms with E-state index in [4.69, 9.17) is 9.47 Å². The Kier molecular flexibility index (Phi) is 7.97. The molecule has 0 saturated carbocycles. The first-order valence-electron chi connectivity index (χ1n) is 14.1. The Morgan fingerprint density at radius 1 is 0.791 bits per heavy atom. The summed E-state index contributed by atoms with van der Waals surface area (Å²) >= 11 is 0. The van der Waals surface area contributed by atoms with Crippen molar-refractivity contribution in [2.75, 3.05) is 23.8 Å². The van der Waals surface area contributed by atoms with Crippen LogP contribution < -0.4 is 15.4 Å². The van der Waals surface area contributed by atoms with Crippen molar-refractivity contribution in [2.24, 2.45) is 0 Å². The lowest BCUT2D eigenvalue weighted by Crippen LogP contribution is -2.36. The highest BCUT2D eigenvalue weighted by Crippen LogP contribution is 2.31. The smallest absolute Gasteiger partial charge is 0.261 e. The Labute approximate surface area is 248 Å². The van der Waals surface area contributed by atoms with Crippen LogP contribution in [0.3, 0.4) is 0 Å². The van der Waals surface area contributed by atoms with Crippen LogP contribution in [-0.2, 0) is 16.0 Å². The summed E-state index contributed by atoms with van der Waals surface area (Å²) in [6, 6.07) is 27.8. The number of nitrogens with zero attached hydrogens (tertiary/aromatic N) is 1. The monoisotopic (exact) mass is 575 g/mol. The Morgan fingerprint density at radius 2 is 1.47 bits per heavy atom. The lowest BCUT2D eigenvalue weighted by molar-refractivity contribution is -0.115. The van der Waals surface area contributed by atoms with E-state index in [0.717, 1.165) is 18.4 Å². The van der Waals surface area contributed by atoms with Crippen molar-refractivity contribution in [1.29, 1.82) is 0 Å². The maximum absolute atomic E-state index is 12.9. The molecule has 2 N–H and O–H groups in total. The fourth-order valence-electron chi connectivity index (χ4n) is 5.13. The fraction of sp³-hybridized carbons (Fsp3) is 0.176. The first-order valence-corrected chi connectivity index (χ1v) is 14.1. The van der Waals surface area contributed by atoms with E-state index in [0.29, 0.717) is 46.2 Å². The number of fused-ring (bicyclic) bond motifs is 1. The maximum atomic E-state index is 12.9. The summed E-state index contributed by atoms with van der Waals surface area (Å²) in [5.41, 5.74) is 3.20. The minimum atomic E-state index is -0.346. The molecule has 0 spiro atoms. The number of carbonyl (C=O) groups is 4. The highest BCUT2D eigenvalue weighted by atomic mass is 16.5. The number of nitrogens with one attached hydrogen (secondary N) is 2. The number of benzene rings is 4. The van der Waals surface area contributed by atoms with Gasteiger partial charge in [-0.05, 0) is 85.1 Å². The number of carbonyl (C=O) groups excluding carboxylic acids is 4. The highest BCUT2D eigenvalue weighted by molar-refractivity contribution is 6.21. The molecule has 9 nitrogen and oxygen atoms in total. The van der Waals surface area contributed by atoms with Gasteiger partial charge in [0.25, 0.3) is 17.7 Å². The van der Waals surface area contributed by atoms with Gasteiger partial charge in [-0.25, -0.2) is 0 Å². The van der Waals surface area contributed by atoms with Crippen LogP contribution in [0.15, 0.2) is 97.1 Å².